The number of nitrogens with zero attached hydrogens (tertiary/aromatic N) is 5. The van der Waals surface area contributed by atoms with Crippen LogP contribution in [0, 0.1) is 5.41 Å². The summed E-state index contributed by atoms with van der Waals surface area (Å²) in [7, 11) is 0. The van der Waals surface area contributed by atoms with Crippen LogP contribution in [0.15, 0.2) is 17.1 Å². The van der Waals surface area contributed by atoms with Crippen LogP contribution in [0.5, 0.6) is 5.88 Å². The van der Waals surface area contributed by atoms with Gasteiger partial charge in [0.25, 0.3) is 17.4 Å². The number of ether oxygens (including phenoxy) is 1. The molecule has 0 aromatic carbocycles. The average molecular weight is 484 g/mol. The lowest BCUT2D eigenvalue weighted by atomic mass is 9.96. The van der Waals surface area contributed by atoms with Crippen molar-refractivity contribution in [3.8, 4) is 17.3 Å². The van der Waals surface area contributed by atoms with Gasteiger partial charge < -0.3 is 20.1 Å². The molecule has 1 saturated heterocycles. The van der Waals surface area contributed by atoms with Crippen molar-refractivity contribution in [2.75, 3.05) is 26.3 Å². The largest absolute Gasteiger partial charge is 0.494 e. The second kappa shape index (κ2) is 8.52. The number of hydrogen-bond donors (Lipinski definition) is 3. The van der Waals surface area contributed by atoms with Crippen LogP contribution >= 0.6 is 0 Å². The first-order valence-electron chi connectivity index (χ1n) is 11.7. The summed E-state index contributed by atoms with van der Waals surface area (Å²) in [6, 6.07) is 1.62. The van der Waals surface area contributed by atoms with Crippen molar-refractivity contribution in [2.24, 2.45) is 5.41 Å². The average Bonchev–Trinajstić information content (AvgIpc) is 3.31. The zero-order valence-electron chi connectivity index (χ0n) is 20.0. The van der Waals surface area contributed by atoms with Crippen molar-refractivity contribution < 1.29 is 19.4 Å². The molecule has 1 aliphatic carbocycles. The van der Waals surface area contributed by atoms with Crippen LogP contribution in [-0.2, 0) is 11.3 Å². The Morgan fingerprint density at radius 3 is 2.63 bits per heavy atom. The van der Waals surface area contributed by atoms with E-state index in [9.17, 15) is 19.5 Å². The van der Waals surface area contributed by atoms with Crippen LogP contribution in [0.4, 0.5) is 0 Å². The van der Waals surface area contributed by atoms with Crippen molar-refractivity contribution in [2.45, 2.75) is 46.2 Å². The fourth-order valence-electron chi connectivity index (χ4n) is 4.17. The topological polar surface area (TPSA) is 147 Å². The van der Waals surface area contributed by atoms with Crippen molar-refractivity contribution in [1.29, 1.82) is 0 Å². The summed E-state index contributed by atoms with van der Waals surface area (Å²) in [5.74, 6) is -1.25. The highest BCUT2D eigenvalue weighted by atomic mass is 16.5. The molecule has 35 heavy (non-hydrogen) atoms. The summed E-state index contributed by atoms with van der Waals surface area (Å²) >= 11 is 0. The Hall–Kier alpha value is -3.67. The van der Waals surface area contributed by atoms with E-state index in [-0.39, 0.29) is 22.9 Å². The Bertz CT molecular complexity index is 1350. The molecule has 186 valence electrons. The fraction of sp³-hybridized carbons (Fsp3) is 0.522. The second-order valence-corrected chi connectivity index (χ2v) is 10.3. The Morgan fingerprint density at radius 1 is 1.26 bits per heavy atom. The first-order chi connectivity index (χ1) is 16.6. The van der Waals surface area contributed by atoms with Crippen LogP contribution in [0.2, 0.25) is 0 Å². The molecule has 2 aliphatic rings. The molecular formula is C23H29N7O5. The van der Waals surface area contributed by atoms with E-state index in [2.05, 4.69) is 20.6 Å². The normalized spacial score (nSPS) is 16.6. The van der Waals surface area contributed by atoms with Gasteiger partial charge in [0.15, 0.2) is 5.56 Å². The number of fused-ring (bicyclic) bond motifs is 1. The molecule has 2 amide bonds. The minimum atomic E-state index is -0.729. The number of aromatic hydroxyl groups is 1. The van der Waals surface area contributed by atoms with Crippen LogP contribution in [0.25, 0.3) is 17.0 Å². The molecule has 2 fully saturated rings. The highest BCUT2D eigenvalue weighted by Gasteiger charge is 2.31. The van der Waals surface area contributed by atoms with Gasteiger partial charge in [0, 0.05) is 31.7 Å². The molecule has 3 aromatic rings. The summed E-state index contributed by atoms with van der Waals surface area (Å²) in [6.07, 6.45) is 3.12. The summed E-state index contributed by atoms with van der Waals surface area (Å²) < 4.78 is 7.95. The smallest absolute Gasteiger partial charge is 0.291 e. The molecule has 12 nitrogen and oxygen atoms in total. The summed E-state index contributed by atoms with van der Waals surface area (Å²) in [5, 5.41) is 25.1. The number of morpholine rings is 1. The quantitative estimate of drug-likeness (QED) is 0.491. The maximum atomic E-state index is 13.3. The van der Waals surface area contributed by atoms with E-state index < -0.39 is 17.3 Å². The van der Waals surface area contributed by atoms with E-state index in [0.717, 1.165) is 17.4 Å². The van der Waals surface area contributed by atoms with Gasteiger partial charge in [-0.15, -0.1) is 0 Å². The van der Waals surface area contributed by atoms with Crippen LogP contribution in [0.3, 0.4) is 0 Å². The van der Waals surface area contributed by atoms with Gasteiger partial charge >= 0.3 is 0 Å². The molecule has 0 unspecified atom stereocenters. The van der Waals surface area contributed by atoms with Gasteiger partial charge in [0.2, 0.25) is 5.88 Å². The van der Waals surface area contributed by atoms with Crippen molar-refractivity contribution in [3.63, 3.8) is 0 Å². The van der Waals surface area contributed by atoms with Crippen molar-refractivity contribution >= 4 is 17.5 Å². The highest BCUT2D eigenvalue weighted by Crippen LogP contribution is 2.29. The third kappa shape index (κ3) is 4.41. The molecule has 4 heterocycles. The Balaban J connectivity index is 1.63. The molecule has 0 spiro atoms. The van der Waals surface area contributed by atoms with E-state index in [0.29, 0.717) is 55.4 Å². The van der Waals surface area contributed by atoms with E-state index in [1.165, 1.54) is 10.8 Å². The number of nitrogens with one attached hydrogen (secondary N) is 2. The lowest BCUT2D eigenvalue weighted by Crippen LogP contribution is -2.40. The van der Waals surface area contributed by atoms with Crippen LogP contribution in [0.1, 0.15) is 54.3 Å². The van der Waals surface area contributed by atoms with Gasteiger partial charge in [0.1, 0.15) is 11.3 Å². The Morgan fingerprint density at radius 2 is 1.97 bits per heavy atom. The zero-order chi connectivity index (χ0) is 24.9. The number of carbonyl (C=O) groups excluding carboxylic acids is 2. The van der Waals surface area contributed by atoms with Gasteiger partial charge in [-0.05, 0) is 18.3 Å². The third-order valence-electron chi connectivity index (χ3n) is 6.05. The summed E-state index contributed by atoms with van der Waals surface area (Å²) in [5.41, 5.74) is -0.0768. The van der Waals surface area contributed by atoms with E-state index >= 15 is 0 Å². The SMILES string of the molecule is CC(C)(C)Cn1c(O)c(C(=O)NC2CC2)c(=O)n2nc(-c3[nH]ncc3C(=O)N3CCOCC3)cc12. The van der Waals surface area contributed by atoms with Gasteiger partial charge in [-0.3, -0.25) is 24.0 Å². The summed E-state index contributed by atoms with van der Waals surface area (Å²) in [6.45, 7) is 8.13. The number of aromatic nitrogens is 5. The minimum Gasteiger partial charge on any atom is -0.494 e. The van der Waals surface area contributed by atoms with Crippen LogP contribution < -0.4 is 10.9 Å². The number of hydrogen-bond acceptors (Lipinski definition) is 7. The number of aromatic amines is 1. The molecule has 1 saturated carbocycles. The minimum absolute atomic E-state index is 0.0139. The van der Waals surface area contributed by atoms with Gasteiger partial charge in [0.05, 0.1) is 30.7 Å². The number of amides is 2. The predicted molar refractivity (Wildman–Crippen MR) is 125 cm³/mol. The molecular weight excluding hydrogens is 454 g/mol. The molecule has 3 N–H and O–H groups in total. The molecule has 12 heteroatoms. The zero-order valence-corrected chi connectivity index (χ0v) is 20.0. The van der Waals surface area contributed by atoms with E-state index in [1.54, 1.807) is 11.0 Å². The molecule has 3 aromatic heterocycles. The fourth-order valence-corrected chi connectivity index (χ4v) is 4.17. The van der Waals surface area contributed by atoms with Crippen LogP contribution in [-0.4, -0.2) is 78.5 Å². The highest BCUT2D eigenvalue weighted by molar-refractivity contribution is 6.00. The van der Waals surface area contributed by atoms with Crippen molar-refractivity contribution in [3.05, 3.63) is 33.7 Å². The lowest BCUT2D eigenvalue weighted by molar-refractivity contribution is 0.0303. The lowest BCUT2D eigenvalue weighted by Gasteiger charge is -2.26. The molecule has 0 atom stereocenters. The Kier molecular flexibility index (Phi) is 5.62. The van der Waals surface area contributed by atoms with E-state index in [1.807, 2.05) is 20.8 Å². The molecule has 1 aliphatic heterocycles. The monoisotopic (exact) mass is 483 g/mol. The number of carbonyl (C=O) groups is 2. The van der Waals surface area contributed by atoms with E-state index in [4.69, 9.17) is 4.74 Å². The predicted octanol–water partition coefficient (Wildman–Crippen LogP) is 1.00. The molecule has 5 rings (SSSR count). The molecule has 0 radical (unpaired) electrons. The van der Waals surface area contributed by atoms with Gasteiger partial charge in [-0.2, -0.15) is 14.7 Å². The van der Waals surface area contributed by atoms with Gasteiger partial charge in [-0.1, -0.05) is 20.8 Å². The maximum Gasteiger partial charge on any atom is 0.291 e. The van der Waals surface area contributed by atoms with Crippen molar-refractivity contribution in [1.82, 2.24) is 34.6 Å². The summed E-state index contributed by atoms with van der Waals surface area (Å²) in [4.78, 5) is 41.0. The maximum absolute atomic E-state index is 13.3. The van der Waals surface area contributed by atoms with Gasteiger partial charge in [-0.25, -0.2) is 0 Å². The number of rotatable bonds is 5. The standard InChI is InChI=1S/C23H29N7O5/c1-23(2,3)12-29-16-10-15(18-14(11-24-26-18)20(32)28-6-8-35-9-7-28)27-30(16)22(34)17(21(29)33)19(31)25-13-4-5-13/h10-11,13,33H,4-9,12H2,1-3H3,(H,24,26)(H,25,31). The third-order valence-corrected chi connectivity index (χ3v) is 6.05. The first kappa shape index (κ1) is 23.1. The second-order valence-electron chi connectivity index (χ2n) is 10.3. The number of H-pyrrole nitrogens is 1. The molecule has 0 bridgehead atoms. The first-order valence-corrected chi connectivity index (χ1v) is 11.7. The Labute approximate surface area is 200 Å².